The Morgan fingerprint density at radius 1 is 1.55 bits per heavy atom. The molecular formula is C7H7Cl2NO. The summed E-state index contributed by atoms with van der Waals surface area (Å²) in [6.45, 7) is 1.62. The average molecular weight is 192 g/mol. The van der Waals surface area contributed by atoms with Crippen molar-refractivity contribution in [3.05, 3.63) is 28.0 Å². The van der Waals surface area contributed by atoms with Gasteiger partial charge in [0, 0.05) is 11.8 Å². The summed E-state index contributed by atoms with van der Waals surface area (Å²) in [6.07, 6.45) is 0.863. The minimum atomic E-state index is -0.604. The Balaban J connectivity index is 3.09. The molecule has 0 saturated heterocycles. The maximum atomic E-state index is 9.13. The van der Waals surface area contributed by atoms with E-state index < -0.39 is 6.10 Å². The van der Waals surface area contributed by atoms with Crippen molar-refractivity contribution in [1.29, 1.82) is 0 Å². The predicted molar refractivity (Wildman–Crippen MR) is 44.9 cm³/mol. The van der Waals surface area contributed by atoms with E-state index in [1.54, 1.807) is 6.92 Å². The molecule has 2 nitrogen and oxygen atoms in total. The van der Waals surface area contributed by atoms with Crippen LogP contribution < -0.4 is 0 Å². The van der Waals surface area contributed by atoms with Gasteiger partial charge in [-0.15, -0.1) is 0 Å². The van der Waals surface area contributed by atoms with E-state index >= 15 is 0 Å². The van der Waals surface area contributed by atoms with E-state index in [1.807, 2.05) is 0 Å². The lowest BCUT2D eigenvalue weighted by Gasteiger charge is -2.05. The number of hydrogen-bond acceptors (Lipinski definition) is 2. The summed E-state index contributed by atoms with van der Waals surface area (Å²) in [5.74, 6) is 0. The summed E-state index contributed by atoms with van der Waals surface area (Å²) < 4.78 is 0. The Morgan fingerprint density at radius 3 is 2.64 bits per heavy atom. The molecule has 0 aliphatic heterocycles. The van der Waals surface area contributed by atoms with E-state index in [1.165, 1.54) is 12.3 Å². The molecule has 0 aromatic carbocycles. The first-order valence-electron chi connectivity index (χ1n) is 3.10. The van der Waals surface area contributed by atoms with E-state index in [4.69, 9.17) is 28.3 Å². The van der Waals surface area contributed by atoms with Gasteiger partial charge in [-0.1, -0.05) is 23.2 Å². The molecule has 1 aromatic rings. The molecular weight excluding hydrogens is 185 g/mol. The van der Waals surface area contributed by atoms with Crippen molar-refractivity contribution in [2.24, 2.45) is 0 Å². The minimum absolute atomic E-state index is 0.333. The van der Waals surface area contributed by atoms with Crippen molar-refractivity contribution < 1.29 is 5.11 Å². The van der Waals surface area contributed by atoms with Crippen molar-refractivity contribution in [2.75, 3.05) is 0 Å². The second-order valence-electron chi connectivity index (χ2n) is 2.20. The smallest absolute Gasteiger partial charge is 0.130 e. The number of hydrogen-bond donors (Lipinski definition) is 1. The van der Waals surface area contributed by atoms with Crippen molar-refractivity contribution in [2.45, 2.75) is 13.0 Å². The molecule has 0 radical (unpaired) electrons. The first kappa shape index (κ1) is 8.78. The molecule has 1 atom stereocenters. The zero-order valence-electron chi connectivity index (χ0n) is 5.88. The Morgan fingerprint density at radius 2 is 2.18 bits per heavy atom. The average Bonchev–Trinajstić information content (AvgIpc) is 1.85. The predicted octanol–water partition coefficient (Wildman–Crippen LogP) is 2.44. The number of pyridine rings is 1. The van der Waals surface area contributed by atoms with Crippen LogP contribution in [0.1, 0.15) is 18.6 Å². The van der Waals surface area contributed by atoms with Gasteiger partial charge >= 0.3 is 0 Å². The Bertz CT molecular complexity index is 263. The molecule has 4 heteroatoms. The monoisotopic (exact) mass is 191 g/mol. The van der Waals surface area contributed by atoms with Crippen LogP contribution in [0.4, 0.5) is 0 Å². The highest BCUT2D eigenvalue weighted by Crippen LogP contribution is 2.23. The Kier molecular flexibility index (Phi) is 2.71. The van der Waals surface area contributed by atoms with Gasteiger partial charge in [0.25, 0.3) is 0 Å². The zero-order chi connectivity index (χ0) is 8.43. The van der Waals surface area contributed by atoms with Crippen LogP contribution in [0.3, 0.4) is 0 Å². The van der Waals surface area contributed by atoms with Gasteiger partial charge in [-0.25, -0.2) is 4.98 Å². The molecule has 1 N–H and O–H groups in total. The fraction of sp³-hybridized carbons (Fsp3) is 0.286. The third-order valence-electron chi connectivity index (χ3n) is 1.30. The summed E-state index contributed by atoms with van der Waals surface area (Å²) in [7, 11) is 0. The highest BCUT2D eigenvalue weighted by Gasteiger charge is 2.06. The normalized spacial score (nSPS) is 13.1. The largest absolute Gasteiger partial charge is 0.389 e. The summed E-state index contributed by atoms with van der Waals surface area (Å²) >= 11 is 11.3. The lowest BCUT2D eigenvalue weighted by Crippen LogP contribution is -1.93. The number of halogens is 2. The molecule has 0 aliphatic carbocycles. The van der Waals surface area contributed by atoms with E-state index in [0.717, 1.165) is 0 Å². The SMILES string of the molecule is C[C@@H](O)c1cnc(Cl)cc1Cl. The molecule has 1 heterocycles. The van der Waals surface area contributed by atoms with Gasteiger partial charge in [0.2, 0.25) is 0 Å². The van der Waals surface area contributed by atoms with Crippen LogP contribution in [-0.2, 0) is 0 Å². The van der Waals surface area contributed by atoms with Crippen molar-refractivity contribution in [3.63, 3.8) is 0 Å². The molecule has 1 aromatic heterocycles. The van der Waals surface area contributed by atoms with Crippen LogP contribution in [-0.4, -0.2) is 10.1 Å². The van der Waals surface area contributed by atoms with Crippen molar-refractivity contribution >= 4 is 23.2 Å². The van der Waals surface area contributed by atoms with Crippen molar-refractivity contribution in [3.8, 4) is 0 Å². The topological polar surface area (TPSA) is 33.1 Å². The highest BCUT2D eigenvalue weighted by atomic mass is 35.5. The first-order valence-corrected chi connectivity index (χ1v) is 3.86. The second-order valence-corrected chi connectivity index (χ2v) is 3.00. The molecule has 0 aliphatic rings. The molecule has 1 rings (SSSR count). The van der Waals surface area contributed by atoms with E-state index in [9.17, 15) is 0 Å². The number of nitrogens with zero attached hydrogens (tertiary/aromatic N) is 1. The fourth-order valence-electron chi connectivity index (χ4n) is 0.725. The quantitative estimate of drug-likeness (QED) is 0.693. The van der Waals surface area contributed by atoms with Gasteiger partial charge in [-0.05, 0) is 13.0 Å². The first-order chi connectivity index (χ1) is 5.11. The fourth-order valence-corrected chi connectivity index (χ4v) is 1.25. The van der Waals surface area contributed by atoms with Crippen molar-refractivity contribution in [1.82, 2.24) is 4.98 Å². The van der Waals surface area contributed by atoms with Crippen LogP contribution in [0.25, 0.3) is 0 Å². The second kappa shape index (κ2) is 3.39. The van der Waals surface area contributed by atoms with Crippen LogP contribution in [0, 0.1) is 0 Å². The molecule has 11 heavy (non-hydrogen) atoms. The number of aliphatic hydroxyl groups is 1. The van der Waals surface area contributed by atoms with Gasteiger partial charge in [0.1, 0.15) is 5.15 Å². The lowest BCUT2D eigenvalue weighted by molar-refractivity contribution is 0.199. The molecule has 0 spiro atoms. The zero-order valence-corrected chi connectivity index (χ0v) is 7.39. The summed E-state index contributed by atoms with van der Waals surface area (Å²) in [4.78, 5) is 3.78. The molecule has 0 unspecified atom stereocenters. The van der Waals surface area contributed by atoms with Gasteiger partial charge < -0.3 is 5.11 Å². The van der Waals surface area contributed by atoms with Gasteiger partial charge in [0.05, 0.1) is 11.1 Å². The number of aliphatic hydroxyl groups excluding tert-OH is 1. The molecule has 0 saturated carbocycles. The van der Waals surface area contributed by atoms with E-state index in [-0.39, 0.29) is 0 Å². The summed E-state index contributed by atoms with van der Waals surface area (Å²) in [6, 6.07) is 1.51. The third-order valence-corrected chi connectivity index (χ3v) is 1.83. The van der Waals surface area contributed by atoms with Crippen LogP contribution >= 0.6 is 23.2 Å². The van der Waals surface area contributed by atoms with E-state index in [2.05, 4.69) is 4.98 Å². The lowest BCUT2D eigenvalue weighted by atomic mass is 10.2. The Labute approximate surface area is 74.8 Å². The highest BCUT2D eigenvalue weighted by molar-refractivity contribution is 6.34. The number of aromatic nitrogens is 1. The molecule has 0 bridgehead atoms. The Hall–Kier alpha value is -0.310. The minimum Gasteiger partial charge on any atom is -0.389 e. The standard InChI is InChI=1S/C7H7Cl2NO/c1-4(11)5-3-10-7(9)2-6(5)8/h2-4,11H,1H3/t4-/m1/s1. The van der Waals surface area contributed by atoms with E-state index in [0.29, 0.717) is 15.7 Å². The maximum absolute atomic E-state index is 9.13. The van der Waals surface area contributed by atoms with Crippen LogP contribution in [0.2, 0.25) is 10.2 Å². The van der Waals surface area contributed by atoms with Gasteiger partial charge in [-0.2, -0.15) is 0 Å². The van der Waals surface area contributed by atoms with Crippen LogP contribution in [0.15, 0.2) is 12.3 Å². The van der Waals surface area contributed by atoms with Gasteiger partial charge in [-0.3, -0.25) is 0 Å². The number of rotatable bonds is 1. The molecule has 0 amide bonds. The van der Waals surface area contributed by atoms with Crippen LogP contribution in [0.5, 0.6) is 0 Å². The van der Waals surface area contributed by atoms with Gasteiger partial charge in [0.15, 0.2) is 0 Å². The molecule has 0 fully saturated rings. The molecule has 60 valence electrons. The summed E-state index contributed by atoms with van der Waals surface area (Å²) in [5.41, 5.74) is 0.594. The maximum Gasteiger partial charge on any atom is 0.130 e. The third kappa shape index (κ3) is 2.06. The summed E-state index contributed by atoms with van der Waals surface area (Å²) in [5, 5.41) is 9.91.